The smallest absolute Gasteiger partial charge is 0.234 e. The molecular formula is C18H10N2O2S. The molecule has 0 saturated heterocycles. The van der Waals surface area contributed by atoms with E-state index in [1.807, 2.05) is 54.6 Å². The lowest BCUT2D eigenvalue weighted by atomic mass is 10.2. The quantitative estimate of drug-likeness (QED) is 0.462. The van der Waals surface area contributed by atoms with Crippen molar-refractivity contribution in [2.45, 2.75) is 0 Å². The Balaban J connectivity index is 1.96. The first kappa shape index (κ1) is 12.6. The van der Waals surface area contributed by atoms with Crippen LogP contribution in [0, 0.1) is 0 Å². The van der Waals surface area contributed by atoms with Gasteiger partial charge >= 0.3 is 0 Å². The third-order valence-electron chi connectivity index (χ3n) is 3.93. The number of aromatic nitrogens is 2. The highest BCUT2D eigenvalue weighted by Gasteiger charge is 2.17. The molecule has 3 heterocycles. The molecular weight excluding hydrogens is 308 g/mol. The molecule has 2 aromatic carbocycles. The van der Waals surface area contributed by atoms with Crippen LogP contribution in [0.2, 0.25) is 0 Å². The van der Waals surface area contributed by atoms with E-state index in [-0.39, 0.29) is 5.43 Å². The predicted octanol–water partition coefficient (Wildman–Crippen LogP) is 4.35. The number of hydrogen-bond acceptors (Lipinski definition) is 4. The van der Waals surface area contributed by atoms with Gasteiger partial charge in [0.05, 0.1) is 11.9 Å². The van der Waals surface area contributed by atoms with Gasteiger partial charge in [-0.3, -0.25) is 4.79 Å². The third-order valence-corrected chi connectivity index (χ3v) is 5.08. The Morgan fingerprint density at radius 3 is 2.61 bits per heavy atom. The van der Waals surface area contributed by atoms with Gasteiger partial charge in [0.25, 0.3) is 0 Å². The number of para-hydroxylation sites is 1. The summed E-state index contributed by atoms with van der Waals surface area (Å²) in [5, 5.41) is 5.81. The van der Waals surface area contributed by atoms with Gasteiger partial charge in [-0.1, -0.05) is 30.3 Å². The largest absolute Gasteiger partial charge is 0.436 e. The Hall–Kier alpha value is -2.92. The fraction of sp³-hybridized carbons (Fsp3) is 0. The number of benzene rings is 2. The molecule has 0 bridgehead atoms. The molecule has 0 spiro atoms. The Morgan fingerprint density at radius 1 is 0.957 bits per heavy atom. The average molecular weight is 318 g/mol. The molecule has 0 aliphatic carbocycles. The predicted molar refractivity (Wildman–Crippen MR) is 92.5 cm³/mol. The minimum atomic E-state index is -0.0235. The first-order chi connectivity index (χ1) is 11.3. The Bertz CT molecular complexity index is 1230. The van der Waals surface area contributed by atoms with Crippen molar-refractivity contribution in [1.82, 2.24) is 9.78 Å². The number of fused-ring (bicyclic) bond motifs is 4. The standard InChI is InChI=1S/C18H10N2O2S/c21-15-13-10-19-20(11-6-2-1-3-7-11)18(13)22-16-12-8-4-5-9-14(12)23-17(15)16/h1-10H. The van der Waals surface area contributed by atoms with E-state index in [2.05, 4.69) is 5.10 Å². The zero-order chi connectivity index (χ0) is 15.4. The fourth-order valence-electron chi connectivity index (χ4n) is 2.84. The minimum absolute atomic E-state index is 0.0235. The van der Waals surface area contributed by atoms with E-state index < -0.39 is 0 Å². The van der Waals surface area contributed by atoms with Crippen LogP contribution in [0.3, 0.4) is 0 Å². The molecule has 5 heteroatoms. The van der Waals surface area contributed by atoms with Gasteiger partial charge in [-0.05, 0) is 24.3 Å². The van der Waals surface area contributed by atoms with Crippen molar-refractivity contribution >= 4 is 42.8 Å². The first-order valence-electron chi connectivity index (χ1n) is 7.20. The monoisotopic (exact) mass is 318 g/mol. The summed E-state index contributed by atoms with van der Waals surface area (Å²) in [4.78, 5) is 12.8. The van der Waals surface area contributed by atoms with Crippen LogP contribution in [0.5, 0.6) is 0 Å². The van der Waals surface area contributed by atoms with Gasteiger partial charge in [-0.2, -0.15) is 5.10 Å². The van der Waals surface area contributed by atoms with E-state index in [0.717, 1.165) is 15.8 Å². The van der Waals surface area contributed by atoms with E-state index in [0.29, 0.717) is 21.4 Å². The van der Waals surface area contributed by atoms with Crippen molar-refractivity contribution < 1.29 is 4.42 Å². The molecule has 0 amide bonds. The summed E-state index contributed by atoms with van der Waals surface area (Å²) in [5.41, 5.74) is 1.97. The summed E-state index contributed by atoms with van der Waals surface area (Å²) in [6, 6.07) is 17.6. The lowest BCUT2D eigenvalue weighted by Gasteiger charge is -2.02. The van der Waals surface area contributed by atoms with Crippen LogP contribution in [-0.4, -0.2) is 9.78 Å². The van der Waals surface area contributed by atoms with E-state index in [4.69, 9.17) is 4.42 Å². The van der Waals surface area contributed by atoms with Crippen LogP contribution < -0.4 is 5.43 Å². The van der Waals surface area contributed by atoms with Gasteiger partial charge in [0.15, 0.2) is 5.58 Å². The molecule has 0 radical (unpaired) electrons. The maximum atomic E-state index is 12.8. The Labute approximate surface area is 134 Å². The molecule has 0 saturated carbocycles. The van der Waals surface area contributed by atoms with E-state index in [1.54, 1.807) is 10.9 Å². The van der Waals surface area contributed by atoms with Crippen LogP contribution in [0.25, 0.3) is 37.2 Å². The van der Waals surface area contributed by atoms with Crippen molar-refractivity contribution in [2.75, 3.05) is 0 Å². The molecule has 5 rings (SSSR count). The molecule has 5 aromatic rings. The van der Waals surface area contributed by atoms with Crippen LogP contribution >= 0.6 is 11.3 Å². The summed E-state index contributed by atoms with van der Waals surface area (Å²) in [6.07, 6.45) is 1.58. The first-order valence-corrected chi connectivity index (χ1v) is 8.02. The van der Waals surface area contributed by atoms with Crippen LogP contribution in [0.4, 0.5) is 0 Å². The number of nitrogens with zero attached hydrogens (tertiary/aromatic N) is 2. The summed E-state index contributed by atoms with van der Waals surface area (Å²) in [5.74, 6) is 0. The Kier molecular flexibility index (Phi) is 2.49. The second-order valence-electron chi connectivity index (χ2n) is 5.30. The van der Waals surface area contributed by atoms with Crippen LogP contribution in [-0.2, 0) is 0 Å². The zero-order valence-electron chi connectivity index (χ0n) is 11.9. The molecule has 0 aliphatic rings. The van der Waals surface area contributed by atoms with Gasteiger partial charge in [0, 0.05) is 10.1 Å². The van der Waals surface area contributed by atoms with Gasteiger partial charge in [0.2, 0.25) is 11.1 Å². The molecule has 0 aliphatic heterocycles. The summed E-state index contributed by atoms with van der Waals surface area (Å²) < 4.78 is 9.48. The van der Waals surface area contributed by atoms with Crippen molar-refractivity contribution in [1.29, 1.82) is 0 Å². The maximum Gasteiger partial charge on any atom is 0.234 e. The van der Waals surface area contributed by atoms with Gasteiger partial charge in [-0.15, -0.1) is 11.3 Å². The van der Waals surface area contributed by atoms with Gasteiger partial charge in [0.1, 0.15) is 10.1 Å². The lowest BCUT2D eigenvalue weighted by molar-refractivity contribution is 0.626. The lowest BCUT2D eigenvalue weighted by Crippen LogP contribution is -2.00. The molecule has 3 aromatic heterocycles. The van der Waals surface area contributed by atoms with E-state index >= 15 is 0 Å². The number of hydrogen-bond donors (Lipinski definition) is 0. The molecule has 23 heavy (non-hydrogen) atoms. The topological polar surface area (TPSA) is 48.0 Å². The molecule has 0 fully saturated rings. The highest BCUT2D eigenvalue weighted by Crippen LogP contribution is 2.33. The second-order valence-corrected chi connectivity index (χ2v) is 6.35. The average Bonchev–Trinajstić information content (AvgIpc) is 3.18. The highest BCUT2D eigenvalue weighted by atomic mass is 32.1. The molecule has 0 unspecified atom stereocenters. The molecule has 110 valence electrons. The Morgan fingerprint density at radius 2 is 1.74 bits per heavy atom. The van der Waals surface area contributed by atoms with Crippen molar-refractivity contribution in [3.8, 4) is 5.69 Å². The summed E-state index contributed by atoms with van der Waals surface area (Å²) >= 11 is 1.46. The summed E-state index contributed by atoms with van der Waals surface area (Å²) in [7, 11) is 0. The number of rotatable bonds is 1. The van der Waals surface area contributed by atoms with Gasteiger partial charge < -0.3 is 4.42 Å². The third kappa shape index (κ3) is 1.71. The molecule has 4 nitrogen and oxygen atoms in total. The number of thiophene rings is 1. The van der Waals surface area contributed by atoms with Crippen molar-refractivity contribution in [3.63, 3.8) is 0 Å². The maximum absolute atomic E-state index is 12.8. The highest BCUT2D eigenvalue weighted by molar-refractivity contribution is 7.25. The zero-order valence-corrected chi connectivity index (χ0v) is 12.7. The normalized spacial score (nSPS) is 11.7. The SMILES string of the molecule is O=c1c2cnn(-c3ccccc3)c2oc2c1sc1ccccc12. The van der Waals surface area contributed by atoms with Crippen LogP contribution in [0.15, 0.2) is 70.0 Å². The fourth-order valence-corrected chi connectivity index (χ4v) is 3.92. The summed E-state index contributed by atoms with van der Waals surface area (Å²) in [6.45, 7) is 0. The molecule has 0 N–H and O–H groups in total. The minimum Gasteiger partial charge on any atom is -0.436 e. The van der Waals surface area contributed by atoms with E-state index in [1.165, 1.54) is 11.3 Å². The van der Waals surface area contributed by atoms with Crippen molar-refractivity contribution in [3.05, 3.63) is 71.0 Å². The molecule has 0 atom stereocenters. The van der Waals surface area contributed by atoms with Gasteiger partial charge in [-0.25, -0.2) is 4.68 Å². The van der Waals surface area contributed by atoms with Crippen molar-refractivity contribution in [2.24, 2.45) is 0 Å². The van der Waals surface area contributed by atoms with Crippen LogP contribution in [0.1, 0.15) is 0 Å². The van der Waals surface area contributed by atoms with E-state index in [9.17, 15) is 4.79 Å². The second kappa shape index (κ2) is 4.54.